The Hall–Kier alpha value is -2.78. The summed E-state index contributed by atoms with van der Waals surface area (Å²) >= 11 is 0. The number of carbonyl (C=O) groups is 2. The highest BCUT2D eigenvalue weighted by atomic mass is 16.5. The van der Waals surface area contributed by atoms with Crippen molar-refractivity contribution in [1.82, 2.24) is 9.80 Å². The number of likely N-dealkylation sites (tertiary alicyclic amines) is 1. The Bertz CT molecular complexity index is 802. The number of nitrogens with zero attached hydrogens (tertiary/aromatic N) is 3. The molecule has 0 aromatic heterocycles. The standard InChI is InChI=1S/C22H31N3O6/c1-29-18-14-17(15-19(30-2)22(18)31-3)6-7-20(26)24-10-12-25(28,13-11-24)16-21(27)23-8-4-5-9-23/h6-7,14-15H,4-5,8-13,16H2,1-3H3. The largest absolute Gasteiger partial charge is 0.632 e. The molecule has 0 bridgehead atoms. The molecule has 0 saturated carbocycles. The van der Waals surface area contributed by atoms with Crippen molar-refractivity contribution >= 4 is 17.9 Å². The summed E-state index contributed by atoms with van der Waals surface area (Å²) in [4.78, 5) is 28.4. The minimum Gasteiger partial charge on any atom is -0.632 e. The fourth-order valence-electron chi connectivity index (χ4n) is 3.99. The maximum absolute atomic E-state index is 12.9. The van der Waals surface area contributed by atoms with E-state index >= 15 is 0 Å². The molecule has 2 fully saturated rings. The molecule has 2 aliphatic rings. The first kappa shape index (κ1) is 22.9. The van der Waals surface area contributed by atoms with Crippen LogP contribution in [0.2, 0.25) is 0 Å². The van der Waals surface area contributed by atoms with E-state index in [9.17, 15) is 14.8 Å². The monoisotopic (exact) mass is 433 g/mol. The topological polar surface area (TPSA) is 91.4 Å². The minimum atomic E-state index is -0.560. The second-order valence-electron chi connectivity index (χ2n) is 7.87. The first-order valence-electron chi connectivity index (χ1n) is 10.5. The lowest BCUT2D eigenvalue weighted by Gasteiger charge is -2.47. The second kappa shape index (κ2) is 10.0. The molecule has 3 rings (SSSR count). The van der Waals surface area contributed by atoms with Crippen LogP contribution in [0.1, 0.15) is 18.4 Å². The van der Waals surface area contributed by atoms with Gasteiger partial charge in [-0.1, -0.05) is 0 Å². The third-order valence-electron chi connectivity index (χ3n) is 5.85. The van der Waals surface area contributed by atoms with E-state index in [0.29, 0.717) is 30.3 Å². The summed E-state index contributed by atoms with van der Waals surface area (Å²) in [6, 6.07) is 3.51. The highest BCUT2D eigenvalue weighted by molar-refractivity contribution is 5.92. The second-order valence-corrected chi connectivity index (χ2v) is 7.87. The van der Waals surface area contributed by atoms with E-state index < -0.39 is 4.65 Å². The zero-order valence-corrected chi connectivity index (χ0v) is 18.5. The summed E-state index contributed by atoms with van der Waals surface area (Å²) in [7, 11) is 4.60. The predicted molar refractivity (Wildman–Crippen MR) is 116 cm³/mol. The van der Waals surface area contributed by atoms with Crippen LogP contribution in [0.5, 0.6) is 17.2 Å². The van der Waals surface area contributed by atoms with E-state index in [-0.39, 0.29) is 31.4 Å². The molecule has 0 aliphatic carbocycles. The van der Waals surface area contributed by atoms with Crippen molar-refractivity contribution in [2.24, 2.45) is 0 Å². The molecule has 2 amide bonds. The zero-order valence-electron chi connectivity index (χ0n) is 18.5. The number of hydrogen-bond acceptors (Lipinski definition) is 6. The van der Waals surface area contributed by atoms with Crippen LogP contribution in [0.15, 0.2) is 18.2 Å². The molecule has 0 radical (unpaired) electrons. The molecule has 0 atom stereocenters. The SMILES string of the molecule is COc1cc(C=CC(=O)N2CC[N+]([O-])(CC(=O)N3CCCC3)CC2)cc(OC)c1OC. The first-order valence-corrected chi connectivity index (χ1v) is 10.5. The van der Waals surface area contributed by atoms with Gasteiger partial charge in [0, 0.05) is 19.2 Å². The number of methoxy groups -OCH3 is 3. The molecule has 2 heterocycles. The number of carbonyl (C=O) groups excluding carboxylic acids is 2. The van der Waals surface area contributed by atoms with E-state index in [2.05, 4.69) is 0 Å². The maximum atomic E-state index is 12.9. The molecule has 0 N–H and O–H groups in total. The summed E-state index contributed by atoms with van der Waals surface area (Å²) in [6.07, 6.45) is 5.16. The molecule has 31 heavy (non-hydrogen) atoms. The van der Waals surface area contributed by atoms with Crippen molar-refractivity contribution in [1.29, 1.82) is 0 Å². The number of piperazine rings is 1. The fraction of sp³-hybridized carbons (Fsp3) is 0.545. The average molecular weight is 434 g/mol. The molecular weight excluding hydrogens is 402 g/mol. The van der Waals surface area contributed by atoms with Crippen LogP contribution in [0.3, 0.4) is 0 Å². The number of hydroxylamine groups is 3. The summed E-state index contributed by atoms with van der Waals surface area (Å²) in [5.41, 5.74) is 0.727. The lowest BCUT2D eigenvalue weighted by atomic mass is 10.1. The lowest BCUT2D eigenvalue weighted by molar-refractivity contribution is -0.877. The molecule has 2 saturated heterocycles. The van der Waals surface area contributed by atoms with Crippen molar-refractivity contribution in [2.45, 2.75) is 12.8 Å². The van der Waals surface area contributed by atoms with E-state index in [0.717, 1.165) is 31.5 Å². The number of ether oxygens (including phenoxy) is 3. The Morgan fingerprint density at radius 2 is 1.55 bits per heavy atom. The van der Waals surface area contributed by atoms with Crippen molar-refractivity contribution in [3.05, 3.63) is 29.0 Å². The van der Waals surface area contributed by atoms with Crippen molar-refractivity contribution in [3.63, 3.8) is 0 Å². The van der Waals surface area contributed by atoms with Crippen LogP contribution in [0.25, 0.3) is 6.08 Å². The molecule has 9 heteroatoms. The van der Waals surface area contributed by atoms with Gasteiger partial charge in [0.1, 0.15) is 0 Å². The molecule has 0 unspecified atom stereocenters. The maximum Gasteiger partial charge on any atom is 0.278 e. The minimum absolute atomic E-state index is 0.0384. The smallest absolute Gasteiger partial charge is 0.278 e. The van der Waals surface area contributed by atoms with Gasteiger partial charge in [0.25, 0.3) is 5.91 Å². The normalized spacial score (nSPS) is 18.3. The van der Waals surface area contributed by atoms with E-state index in [4.69, 9.17) is 14.2 Å². The van der Waals surface area contributed by atoms with Crippen LogP contribution < -0.4 is 14.2 Å². The Kier molecular flexibility index (Phi) is 7.40. The zero-order chi connectivity index (χ0) is 22.4. The van der Waals surface area contributed by atoms with Crippen LogP contribution in [0, 0.1) is 5.21 Å². The number of quaternary nitrogens is 1. The quantitative estimate of drug-likeness (QED) is 0.368. The number of rotatable bonds is 7. The van der Waals surface area contributed by atoms with Crippen molar-refractivity contribution in [2.75, 3.05) is 67.1 Å². The van der Waals surface area contributed by atoms with Gasteiger partial charge in [0.2, 0.25) is 11.7 Å². The third kappa shape index (κ3) is 5.48. The van der Waals surface area contributed by atoms with Crippen LogP contribution in [0.4, 0.5) is 0 Å². The van der Waals surface area contributed by atoms with Crippen LogP contribution in [-0.2, 0) is 9.59 Å². The average Bonchev–Trinajstić information content (AvgIpc) is 3.32. The van der Waals surface area contributed by atoms with Gasteiger partial charge < -0.3 is 33.9 Å². The lowest BCUT2D eigenvalue weighted by Crippen LogP contribution is -2.60. The van der Waals surface area contributed by atoms with Gasteiger partial charge in [-0.15, -0.1) is 0 Å². The first-order chi connectivity index (χ1) is 14.9. The van der Waals surface area contributed by atoms with Gasteiger partial charge in [-0.2, -0.15) is 0 Å². The van der Waals surface area contributed by atoms with Crippen LogP contribution in [-0.4, -0.2) is 93.4 Å². The van der Waals surface area contributed by atoms with E-state index in [1.165, 1.54) is 27.4 Å². The molecule has 0 spiro atoms. The molecule has 1 aromatic rings. The number of benzene rings is 1. The Labute approximate surface area is 182 Å². The van der Waals surface area contributed by atoms with Gasteiger partial charge in [0.05, 0.1) is 47.5 Å². The fourth-order valence-corrected chi connectivity index (χ4v) is 3.99. The predicted octanol–water partition coefficient (Wildman–Crippen LogP) is 1.50. The van der Waals surface area contributed by atoms with Crippen molar-refractivity contribution < 1.29 is 28.4 Å². The van der Waals surface area contributed by atoms with Gasteiger partial charge in [-0.25, -0.2) is 0 Å². The molecular formula is C22H31N3O6. The Morgan fingerprint density at radius 1 is 0.968 bits per heavy atom. The molecule has 9 nitrogen and oxygen atoms in total. The summed E-state index contributed by atoms with van der Waals surface area (Å²) in [5, 5.41) is 12.9. The van der Waals surface area contributed by atoms with Gasteiger partial charge in [-0.3, -0.25) is 9.59 Å². The Morgan fingerprint density at radius 3 is 2.06 bits per heavy atom. The van der Waals surface area contributed by atoms with Gasteiger partial charge in [-0.05, 0) is 36.6 Å². The van der Waals surface area contributed by atoms with Gasteiger partial charge >= 0.3 is 0 Å². The summed E-state index contributed by atoms with van der Waals surface area (Å²) in [6.45, 7) is 2.56. The number of hydrogen-bond donors (Lipinski definition) is 0. The number of amides is 2. The highest BCUT2D eigenvalue weighted by Crippen LogP contribution is 2.38. The van der Waals surface area contributed by atoms with E-state index in [1.807, 2.05) is 0 Å². The Balaban J connectivity index is 1.58. The van der Waals surface area contributed by atoms with Crippen LogP contribution >= 0.6 is 0 Å². The molecule has 170 valence electrons. The van der Waals surface area contributed by atoms with Crippen molar-refractivity contribution in [3.8, 4) is 17.2 Å². The molecule has 1 aromatic carbocycles. The third-order valence-corrected chi connectivity index (χ3v) is 5.85. The van der Waals surface area contributed by atoms with E-state index in [1.54, 1.807) is 28.0 Å². The molecule has 2 aliphatic heterocycles. The van der Waals surface area contributed by atoms with Gasteiger partial charge in [0.15, 0.2) is 18.0 Å². The summed E-state index contributed by atoms with van der Waals surface area (Å²) in [5.74, 6) is 1.24. The highest BCUT2D eigenvalue weighted by Gasteiger charge is 2.31. The summed E-state index contributed by atoms with van der Waals surface area (Å²) < 4.78 is 15.4.